The molecular weight excluding hydrogens is 260 g/mol. The van der Waals surface area contributed by atoms with Gasteiger partial charge in [-0.15, -0.1) is 0 Å². The number of aliphatic hydroxyl groups excluding tert-OH is 1. The standard InChI is InChI=1S/C18H24N2O/c1-18(2,3)16-7-5-4-6-14(16)17(21)15(12-19)13-8-10-20-11-9-13/h4-11,15,17,21H,12,19H2,1-3H3. The zero-order valence-electron chi connectivity index (χ0n) is 13.0. The summed E-state index contributed by atoms with van der Waals surface area (Å²) in [5.74, 6) is -0.128. The lowest BCUT2D eigenvalue weighted by molar-refractivity contribution is 0.145. The zero-order valence-corrected chi connectivity index (χ0v) is 13.0. The number of hydrogen-bond acceptors (Lipinski definition) is 3. The highest BCUT2D eigenvalue weighted by molar-refractivity contribution is 5.36. The first-order valence-electron chi connectivity index (χ1n) is 7.32. The highest BCUT2D eigenvalue weighted by atomic mass is 16.3. The lowest BCUT2D eigenvalue weighted by Gasteiger charge is -2.29. The molecule has 0 aliphatic carbocycles. The number of rotatable bonds is 4. The molecule has 3 heteroatoms. The number of hydrogen-bond donors (Lipinski definition) is 2. The fourth-order valence-corrected chi connectivity index (χ4v) is 2.71. The van der Waals surface area contributed by atoms with Crippen molar-refractivity contribution in [3.8, 4) is 0 Å². The molecule has 0 aliphatic rings. The molecule has 0 bridgehead atoms. The number of nitrogens with zero attached hydrogens (tertiary/aromatic N) is 1. The van der Waals surface area contributed by atoms with Crippen molar-refractivity contribution in [2.75, 3.05) is 6.54 Å². The average molecular weight is 284 g/mol. The van der Waals surface area contributed by atoms with Crippen molar-refractivity contribution in [1.82, 2.24) is 4.98 Å². The minimum Gasteiger partial charge on any atom is -0.388 e. The first-order valence-corrected chi connectivity index (χ1v) is 7.32. The normalized spacial score (nSPS) is 14.7. The molecule has 21 heavy (non-hydrogen) atoms. The molecule has 2 aromatic rings. The van der Waals surface area contributed by atoms with Gasteiger partial charge in [-0.2, -0.15) is 0 Å². The number of aromatic nitrogens is 1. The molecule has 0 radical (unpaired) electrons. The fourth-order valence-electron chi connectivity index (χ4n) is 2.71. The van der Waals surface area contributed by atoms with Crippen molar-refractivity contribution >= 4 is 0 Å². The van der Waals surface area contributed by atoms with E-state index in [-0.39, 0.29) is 11.3 Å². The largest absolute Gasteiger partial charge is 0.388 e. The molecule has 2 atom stereocenters. The first kappa shape index (κ1) is 15.7. The molecule has 3 N–H and O–H groups in total. The summed E-state index contributed by atoms with van der Waals surface area (Å²) in [5, 5.41) is 10.9. The predicted molar refractivity (Wildman–Crippen MR) is 86.1 cm³/mol. The molecule has 0 saturated heterocycles. The van der Waals surface area contributed by atoms with Gasteiger partial charge in [0, 0.05) is 24.9 Å². The van der Waals surface area contributed by atoms with Gasteiger partial charge in [-0.05, 0) is 34.2 Å². The van der Waals surface area contributed by atoms with Crippen LogP contribution < -0.4 is 5.73 Å². The van der Waals surface area contributed by atoms with Gasteiger partial charge in [0.2, 0.25) is 0 Å². The predicted octanol–water partition coefficient (Wildman–Crippen LogP) is 3.16. The zero-order chi connectivity index (χ0) is 15.5. The first-order chi connectivity index (χ1) is 9.95. The quantitative estimate of drug-likeness (QED) is 0.906. The summed E-state index contributed by atoms with van der Waals surface area (Å²) in [6.45, 7) is 6.86. The van der Waals surface area contributed by atoms with Crippen molar-refractivity contribution in [3.05, 3.63) is 65.5 Å². The average Bonchev–Trinajstić information content (AvgIpc) is 2.48. The maximum atomic E-state index is 10.9. The summed E-state index contributed by atoms with van der Waals surface area (Å²) in [6, 6.07) is 11.9. The van der Waals surface area contributed by atoms with Crippen molar-refractivity contribution in [3.63, 3.8) is 0 Å². The lowest BCUT2D eigenvalue weighted by Crippen LogP contribution is -2.23. The Labute approximate surface area is 126 Å². The molecule has 0 fully saturated rings. The van der Waals surface area contributed by atoms with E-state index in [1.54, 1.807) is 12.4 Å². The van der Waals surface area contributed by atoms with Gasteiger partial charge in [0.15, 0.2) is 0 Å². The van der Waals surface area contributed by atoms with Crippen LogP contribution in [0.5, 0.6) is 0 Å². The third-order valence-electron chi connectivity index (χ3n) is 3.86. The van der Waals surface area contributed by atoms with E-state index < -0.39 is 6.10 Å². The van der Waals surface area contributed by atoms with Crippen LogP contribution in [-0.2, 0) is 5.41 Å². The molecule has 0 spiro atoms. The van der Waals surface area contributed by atoms with Crippen LogP contribution in [0.3, 0.4) is 0 Å². The Hall–Kier alpha value is -1.71. The van der Waals surface area contributed by atoms with Crippen LogP contribution in [0.1, 0.15) is 49.5 Å². The van der Waals surface area contributed by atoms with Crippen molar-refractivity contribution in [2.45, 2.75) is 38.2 Å². The van der Waals surface area contributed by atoms with Crippen molar-refractivity contribution < 1.29 is 5.11 Å². The van der Waals surface area contributed by atoms with Gasteiger partial charge in [0.25, 0.3) is 0 Å². The number of nitrogens with two attached hydrogens (primary N) is 1. The van der Waals surface area contributed by atoms with Crippen LogP contribution in [0, 0.1) is 0 Å². The monoisotopic (exact) mass is 284 g/mol. The van der Waals surface area contributed by atoms with E-state index in [2.05, 4.69) is 31.8 Å². The Morgan fingerprint density at radius 2 is 1.71 bits per heavy atom. The summed E-state index contributed by atoms with van der Waals surface area (Å²) in [6.07, 6.45) is 2.86. The van der Waals surface area contributed by atoms with Crippen LogP contribution in [-0.4, -0.2) is 16.6 Å². The van der Waals surface area contributed by atoms with Gasteiger partial charge in [0.1, 0.15) is 0 Å². The maximum Gasteiger partial charge on any atom is 0.0873 e. The van der Waals surface area contributed by atoms with E-state index in [9.17, 15) is 5.11 Å². The van der Waals surface area contributed by atoms with Gasteiger partial charge in [0.05, 0.1) is 6.10 Å². The maximum absolute atomic E-state index is 10.9. The topological polar surface area (TPSA) is 59.1 Å². The third kappa shape index (κ3) is 3.49. The van der Waals surface area contributed by atoms with E-state index in [0.29, 0.717) is 6.54 Å². The molecule has 0 aliphatic heterocycles. The summed E-state index contributed by atoms with van der Waals surface area (Å²) < 4.78 is 0. The summed E-state index contributed by atoms with van der Waals surface area (Å²) in [4.78, 5) is 4.03. The molecule has 1 heterocycles. The fraction of sp³-hybridized carbons (Fsp3) is 0.389. The van der Waals surface area contributed by atoms with E-state index in [4.69, 9.17) is 5.73 Å². The Balaban J connectivity index is 2.42. The van der Waals surface area contributed by atoms with Crippen LogP contribution in [0.4, 0.5) is 0 Å². The van der Waals surface area contributed by atoms with Gasteiger partial charge in [-0.1, -0.05) is 45.0 Å². The minimum atomic E-state index is -0.618. The van der Waals surface area contributed by atoms with E-state index in [1.807, 2.05) is 30.3 Å². The third-order valence-corrected chi connectivity index (χ3v) is 3.86. The SMILES string of the molecule is CC(C)(C)c1ccccc1C(O)C(CN)c1ccncc1. The number of pyridine rings is 1. The van der Waals surface area contributed by atoms with E-state index >= 15 is 0 Å². The Bertz CT molecular complexity index is 575. The Kier molecular flexibility index (Phi) is 4.76. The van der Waals surface area contributed by atoms with Crippen LogP contribution in [0.2, 0.25) is 0 Å². The molecule has 112 valence electrons. The van der Waals surface area contributed by atoms with Gasteiger partial charge in [-0.25, -0.2) is 0 Å². The lowest BCUT2D eigenvalue weighted by atomic mass is 9.79. The Morgan fingerprint density at radius 1 is 1.10 bits per heavy atom. The van der Waals surface area contributed by atoms with Crippen LogP contribution in [0.15, 0.2) is 48.8 Å². The van der Waals surface area contributed by atoms with Gasteiger partial charge in [-0.3, -0.25) is 4.98 Å². The second kappa shape index (κ2) is 6.37. The molecular formula is C18H24N2O. The van der Waals surface area contributed by atoms with Crippen molar-refractivity contribution in [1.29, 1.82) is 0 Å². The highest BCUT2D eigenvalue weighted by Crippen LogP contribution is 2.36. The molecule has 0 saturated carbocycles. The summed E-state index contributed by atoms with van der Waals surface area (Å²) >= 11 is 0. The highest BCUT2D eigenvalue weighted by Gasteiger charge is 2.27. The molecule has 0 amide bonds. The van der Waals surface area contributed by atoms with Crippen LogP contribution in [0.25, 0.3) is 0 Å². The summed E-state index contributed by atoms with van der Waals surface area (Å²) in [5.41, 5.74) is 9.03. The smallest absolute Gasteiger partial charge is 0.0873 e. The second-order valence-corrected chi connectivity index (χ2v) is 6.40. The molecule has 1 aromatic carbocycles. The molecule has 2 unspecified atom stereocenters. The molecule has 1 aromatic heterocycles. The van der Waals surface area contributed by atoms with Crippen LogP contribution >= 0.6 is 0 Å². The minimum absolute atomic E-state index is 0.0189. The van der Waals surface area contributed by atoms with E-state index in [0.717, 1.165) is 16.7 Å². The number of benzene rings is 1. The molecule has 3 nitrogen and oxygen atoms in total. The van der Waals surface area contributed by atoms with E-state index in [1.165, 1.54) is 0 Å². The number of aliphatic hydroxyl groups is 1. The van der Waals surface area contributed by atoms with Gasteiger partial charge >= 0.3 is 0 Å². The van der Waals surface area contributed by atoms with Gasteiger partial charge < -0.3 is 10.8 Å². The molecule has 2 rings (SSSR count). The Morgan fingerprint density at radius 3 is 2.29 bits per heavy atom. The summed E-state index contributed by atoms with van der Waals surface area (Å²) in [7, 11) is 0. The van der Waals surface area contributed by atoms with Crippen molar-refractivity contribution in [2.24, 2.45) is 5.73 Å². The second-order valence-electron chi connectivity index (χ2n) is 6.40.